The first-order valence-corrected chi connectivity index (χ1v) is 9.63. The number of hydrogen-bond acceptors (Lipinski definition) is 1. The van der Waals surface area contributed by atoms with E-state index in [1.165, 1.54) is 64.2 Å². The lowest BCUT2D eigenvalue weighted by Gasteiger charge is -2.43. The summed E-state index contributed by atoms with van der Waals surface area (Å²) in [6.45, 7) is 2.57. The molecule has 4 aliphatic rings. The zero-order chi connectivity index (χ0) is 13.5. The molecule has 0 amide bonds. The number of rotatable bonds is 1. The summed E-state index contributed by atoms with van der Waals surface area (Å²) in [5, 5.41) is 0. The van der Waals surface area contributed by atoms with Crippen LogP contribution < -0.4 is 0 Å². The molecule has 1 saturated heterocycles. The average molecular weight is 275 g/mol. The summed E-state index contributed by atoms with van der Waals surface area (Å²) in [5.41, 5.74) is 0. The van der Waals surface area contributed by atoms with E-state index in [0.29, 0.717) is 0 Å². The van der Waals surface area contributed by atoms with Crippen LogP contribution in [0.3, 0.4) is 0 Å². The van der Waals surface area contributed by atoms with E-state index in [1.54, 1.807) is 12.8 Å². The van der Waals surface area contributed by atoms with Crippen LogP contribution in [-0.2, 0) is 0 Å². The molecule has 0 N–H and O–H groups in total. The summed E-state index contributed by atoms with van der Waals surface area (Å²) in [7, 11) is 0. The van der Waals surface area contributed by atoms with Gasteiger partial charge in [-0.2, -0.15) is 0 Å². The lowest BCUT2D eigenvalue weighted by Crippen LogP contribution is -2.48. The van der Waals surface area contributed by atoms with Crippen LogP contribution in [0.25, 0.3) is 0 Å². The van der Waals surface area contributed by atoms with Crippen LogP contribution in [0.5, 0.6) is 0 Å². The first-order chi connectivity index (χ1) is 9.86. The summed E-state index contributed by atoms with van der Waals surface area (Å²) in [4.78, 5) is 3.14. The zero-order valence-electron chi connectivity index (χ0n) is 13.4. The number of fused-ring (bicyclic) bond motifs is 3. The highest BCUT2D eigenvalue weighted by Crippen LogP contribution is 2.53. The molecule has 4 fully saturated rings. The van der Waals surface area contributed by atoms with Gasteiger partial charge in [-0.25, -0.2) is 0 Å². The molecule has 0 aromatic heterocycles. The molecule has 3 aliphatic carbocycles. The summed E-state index contributed by atoms with van der Waals surface area (Å²) in [6.07, 6.45) is 18.2. The molecule has 0 radical (unpaired) electrons. The van der Waals surface area contributed by atoms with E-state index in [0.717, 1.165) is 35.9 Å². The first-order valence-electron chi connectivity index (χ1n) is 9.63. The molecule has 114 valence electrons. The van der Waals surface area contributed by atoms with E-state index in [1.807, 2.05) is 0 Å². The smallest absolute Gasteiger partial charge is 0.0158 e. The molecule has 20 heavy (non-hydrogen) atoms. The van der Waals surface area contributed by atoms with Gasteiger partial charge in [-0.3, -0.25) is 4.90 Å². The Morgan fingerprint density at radius 2 is 1.35 bits per heavy atom. The van der Waals surface area contributed by atoms with E-state index in [2.05, 4.69) is 11.8 Å². The molecule has 1 nitrogen and oxygen atoms in total. The van der Waals surface area contributed by atoms with Gasteiger partial charge in [0.25, 0.3) is 0 Å². The normalized spacial score (nSPS) is 47.0. The van der Waals surface area contributed by atoms with Crippen LogP contribution >= 0.6 is 0 Å². The molecule has 1 heteroatoms. The Balaban J connectivity index is 1.61. The Labute approximate surface area is 125 Å². The van der Waals surface area contributed by atoms with Crippen LogP contribution in [-0.4, -0.2) is 23.0 Å². The predicted octanol–water partition coefficient (Wildman–Crippen LogP) is 5.00. The summed E-state index contributed by atoms with van der Waals surface area (Å²) in [6, 6.07) is 2.93. The van der Waals surface area contributed by atoms with E-state index in [-0.39, 0.29) is 0 Å². The fourth-order valence-corrected chi connectivity index (χ4v) is 6.55. The molecule has 0 aromatic rings. The van der Waals surface area contributed by atoms with Crippen molar-refractivity contribution in [1.82, 2.24) is 4.90 Å². The molecule has 4 rings (SSSR count). The Morgan fingerprint density at radius 3 is 2.15 bits per heavy atom. The molecule has 0 bridgehead atoms. The van der Waals surface area contributed by atoms with Crippen molar-refractivity contribution in [2.24, 2.45) is 17.8 Å². The molecule has 1 heterocycles. The lowest BCUT2D eigenvalue weighted by atomic mass is 9.74. The molecular weight excluding hydrogens is 242 g/mol. The maximum atomic E-state index is 3.14. The lowest BCUT2D eigenvalue weighted by molar-refractivity contribution is 0.0548. The van der Waals surface area contributed by atoms with Gasteiger partial charge >= 0.3 is 0 Å². The third-order valence-electron chi connectivity index (χ3n) is 7.27. The van der Waals surface area contributed by atoms with Crippen molar-refractivity contribution in [2.45, 2.75) is 102 Å². The van der Waals surface area contributed by atoms with Gasteiger partial charge in [0.2, 0.25) is 0 Å². The second-order valence-corrected chi connectivity index (χ2v) is 8.32. The zero-order valence-corrected chi connectivity index (χ0v) is 13.4. The van der Waals surface area contributed by atoms with Gasteiger partial charge in [0, 0.05) is 18.1 Å². The molecule has 5 unspecified atom stereocenters. The molecular formula is C19H33N. The van der Waals surface area contributed by atoms with E-state index < -0.39 is 0 Å². The predicted molar refractivity (Wildman–Crippen MR) is 84.8 cm³/mol. The Morgan fingerprint density at radius 1 is 0.650 bits per heavy atom. The van der Waals surface area contributed by atoms with Crippen molar-refractivity contribution in [2.75, 3.05) is 0 Å². The monoisotopic (exact) mass is 275 g/mol. The minimum Gasteiger partial charge on any atom is -0.294 e. The molecule has 0 aromatic carbocycles. The number of likely N-dealkylation sites (tertiary alicyclic amines) is 1. The van der Waals surface area contributed by atoms with Crippen molar-refractivity contribution < 1.29 is 0 Å². The van der Waals surface area contributed by atoms with Crippen LogP contribution in [0, 0.1) is 17.8 Å². The molecule has 1 aliphatic heterocycles. The SMILES string of the molecule is CC1CCCC2C3CCCC3N(C3CCCCCC3)C12. The van der Waals surface area contributed by atoms with Gasteiger partial charge in [-0.05, 0) is 56.3 Å². The molecule has 0 spiro atoms. The standard InChI is InChI=1S/C19H33N/c1-14-8-6-12-17-16-11-7-13-18(16)20(19(14)17)15-9-4-2-3-5-10-15/h14-19H,2-13H2,1H3. The topological polar surface area (TPSA) is 3.24 Å². The van der Waals surface area contributed by atoms with Gasteiger partial charge in [0.15, 0.2) is 0 Å². The minimum absolute atomic E-state index is 0.957. The van der Waals surface area contributed by atoms with E-state index in [4.69, 9.17) is 0 Å². The van der Waals surface area contributed by atoms with Crippen LogP contribution in [0.15, 0.2) is 0 Å². The van der Waals surface area contributed by atoms with Crippen LogP contribution in [0.2, 0.25) is 0 Å². The van der Waals surface area contributed by atoms with Crippen LogP contribution in [0.4, 0.5) is 0 Å². The quantitative estimate of drug-likeness (QED) is 0.609. The first kappa shape index (κ1) is 13.6. The fraction of sp³-hybridized carbons (Fsp3) is 1.00. The average Bonchev–Trinajstić information content (AvgIpc) is 2.92. The largest absolute Gasteiger partial charge is 0.294 e. The second-order valence-electron chi connectivity index (χ2n) is 8.32. The van der Waals surface area contributed by atoms with Gasteiger partial charge in [-0.15, -0.1) is 0 Å². The van der Waals surface area contributed by atoms with Crippen molar-refractivity contribution in [3.05, 3.63) is 0 Å². The van der Waals surface area contributed by atoms with Crippen molar-refractivity contribution in [3.63, 3.8) is 0 Å². The maximum absolute atomic E-state index is 3.14. The summed E-state index contributed by atoms with van der Waals surface area (Å²) in [5.74, 6) is 3.14. The summed E-state index contributed by atoms with van der Waals surface area (Å²) < 4.78 is 0. The van der Waals surface area contributed by atoms with Crippen LogP contribution in [0.1, 0.15) is 84.0 Å². The Kier molecular flexibility index (Phi) is 3.83. The van der Waals surface area contributed by atoms with Crippen molar-refractivity contribution in [1.29, 1.82) is 0 Å². The van der Waals surface area contributed by atoms with Gasteiger partial charge < -0.3 is 0 Å². The maximum Gasteiger partial charge on any atom is 0.0158 e. The molecule has 5 atom stereocenters. The fourth-order valence-electron chi connectivity index (χ4n) is 6.55. The minimum atomic E-state index is 0.957. The molecule has 3 saturated carbocycles. The van der Waals surface area contributed by atoms with Crippen molar-refractivity contribution >= 4 is 0 Å². The Hall–Kier alpha value is -0.0400. The Bertz CT molecular complexity index is 331. The second kappa shape index (κ2) is 5.63. The van der Waals surface area contributed by atoms with Gasteiger partial charge in [-0.1, -0.05) is 45.4 Å². The highest BCUT2D eigenvalue weighted by molar-refractivity contribution is 5.07. The van der Waals surface area contributed by atoms with Gasteiger partial charge in [0.05, 0.1) is 0 Å². The summed E-state index contributed by atoms with van der Waals surface area (Å²) >= 11 is 0. The van der Waals surface area contributed by atoms with Gasteiger partial charge in [0.1, 0.15) is 0 Å². The number of nitrogens with zero attached hydrogens (tertiary/aromatic N) is 1. The highest BCUT2D eigenvalue weighted by atomic mass is 15.3. The van der Waals surface area contributed by atoms with Crippen molar-refractivity contribution in [3.8, 4) is 0 Å². The van der Waals surface area contributed by atoms with E-state index in [9.17, 15) is 0 Å². The third-order valence-corrected chi connectivity index (χ3v) is 7.27. The van der Waals surface area contributed by atoms with E-state index >= 15 is 0 Å². The number of hydrogen-bond donors (Lipinski definition) is 0. The highest BCUT2D eigenvalue weighted by Gasteiger charge is 2.54. The third kappa shape index (κ3) is 2.16.